The SMILES string of the molecule is CC1(C)[N+]#CSC1CCO. The Morgan fingerprint density at radius 2 is 2.40 bits per heavy atom. The van der Waals surface area contributed by atoms with Crippen molar-refractivity contribution < 1.29 is 5.11 Å². The van der Waals surface area contributed by atoms with Crippen LogP contribution in [0.2, 0.25) is 0 Å². The van der Waals surface area contributed by atoms with E-state index in [4.69, 9.17) is 5.11 Å². The fourth-order valence-corrected chi connectivity index (χ4v) is 1.93. The van der Waals surface area contributed by atoms with Gasteiger partial charge in [-0.3, -0.25) is 0 Å². The van der Waals surface area contributed by atoms with Gasteiger partial charge in [0.1, 0.15) is 5.25 Å². The Hall–Kier alpha value is -0.200. The first-order valence-electron chi connectivity index (χ1n) is 3.40. The topological polar surface area (TPSA) is 24.6 Å². The van der Waals surface area contributed by atoms with Crippen LogP contribution >= 0.6 is 11.8 Å². The molecule has 1 aliphatic rings. The van der Waals surface area contributed by atoms with Gasteiger partial charge in [0.15, 0.2) is 0 Å². The van der Waals surface area contributed by atoms with Gasteiger partial charge in [0.05, 0.1) is 0 Å². The van der Waals surface area contributed by atoms with E-state index in [1.54, 1.807) is 11.8 Å². The summed E-state index contributed by atoms with van der Waals surface area (Å²) in [5.74, 6) is 0. The third-order valence-electron chi connectivity index (χ3n) is 1.71. The van der Waals surface area contributed by atoms with Gasteiger partial charge < -0.3 is 5.11 Å². The lowest BCUT2D eigenvalue weighted by atomic mass is 9.99. The molecule has 0 radical (unpaired) electrons. The van der Waals surface area contributed by atoms with Crippen molar-refractivity contribution in [3.63, 3.8) is 0 Å². The maximum absolute atomic E-state index is 8.68. The predicted octanol–water partition coefficient (Wildman–Crippen LogP) is 1.55. The molecule has 1 aliphatic heterocycles. The molecule has 0 spiro atoms. The lowest BCUT2D eigenvalue weighted by Crippen LogP contribution is -2.28. The molecule has 0 aromatic carbocycles. The highest BCUT2D eigenvalue weighted by Crippen LogP contribution is 2.34. The van der Waals surface area contributed by atoms with Crippen LogP contribution in [0.4, 0.5) is 0 Å². The molecule has 56 valence electrons. The third-order valence-corrected chi connectivity index (χ3v) is 3.00. The van der Waals surface area contributed by atoms with Crippen molar-refractivity contribution in [3.8, 4) is 5.40 Å². The van der Waals surface area contributed by atoms with Crippen LogP contribution in [0.15, 0.2) is 0 Å². The van der Waals surface area contributed by atoms with Crippen LogP contribution in [0.3, 0.4) is 0 Å². The number of thioether (sulfide) groups is 1. The van der Waals surface area contributed by atoms with Crippen molar-refractivity contribution in [2.45, 2.75) is 31.1 Å². The first kappa shape index (κ1) is 7.90. The van der Waals surface area contributed by atoms with E-state index in [2.05, 4.69) is 24.1 Å². The second-order valence-corrected chi connectivity index (χ2v) is 3.96. The van der Waals surface area contributed by atoms with Crippen LogP contribution in [0.5, 0.6) is 0 Å². The third kappa shape index (κ3) is 1.44. The molecule has 0 aromatic heterocycles. The van der Waals surface area contributed by atoms with E-state index in [9.17, 15) is 0 Å². The summed E-state index contributed by atoms with van der Waals surface area (Å²) >= 11 is 1.60. The van der Waals surface area contributed by atoms with Gasteiger partial charge in [0, 0.05) is 32.2 Å². The molecule has 10 heavy (non-hydrogen) atoms. The van der Waals surface area contributed by atoms with E-state index in [1.807, 2.05) is 0 Å². The summed E-state index contributed by atoms with van der Waals surface area (Å²) in [5.41, 5.74) is -0.0204. The van der Waals surface area contributed by atoms with Gasteiger partial charge in [-0.1, -0.05) is 4.85 Å². The van der Waals surface area contributed by atoms with Gasteiger partial charge >= 0.3 is 5.40 Å². The standard InChI is InChI=1S/C7H12NOS/c1-7(2)6(3-4-9)10-5-8-7/h6,9H,3-4H2,1-2H3/q+1. The van der Waals surface area contributed by atoms with Gasteiger partial charge in [0.2, 0.25) is 0 Å². The van der Waals surface area contributed by atoms with Crippen LogP contribution in [0, 0.1) is 5.40 Å². The fourth-order valence-electron chi connectivity index (χ4n) is 0.953. The Bertz CT molecular complexity index is 180. The summed E-state index contributed by atoms with van der Waals surface area (Å²) < 4.78 is 0. The molecule has 1 N–H and O–H groups in total. The van der Waals surface area contributed by atoms with Gasteiger partial charge in [-0.15, -0.1) is 0 Å². The molecule has 0 fully saturated rings. The summed E-state index contributed by atoms with van der Waals surface area (Å²) in [4.78, 5) is 4.17. The number of nitrogens with zero attached hydrogens (tertiary/aromatic N) is 1. The van der Waals surface area contributed by atoms with E-state index in [0.29, 0.717) is 5.25 Å². The van der Waals surface area contributed by atoms with Crippen LogP contribution in [-0.2, 0) is 0 Å². The van der Waals surface area contributed by atoms with Gasteiger partial charge in [-0.2, -0.15) is 0 Å². The Morgan fingerprint density at radius 1 is 1.70 bits per heavy atom. The largest absolute Gasteiger partial charge is 0.396 e. The summed E-state index contributed by atoms with van der Waals surface area (Å²) in [5, 5.41) is 12.0. The van der Waals surface area contributed by atoms with Gasteiger partial charge in [0.25, 0.3) is 5.54 Å². The molecular formula is C7H12NOS+. The van der Waals surface area contributed by atoms with Gasteiger partial charge in [-0.05, 0) is 6.42 Å². The maximum Gasteiger partial charge on any atom is 0.347 e. The summed E-state index contributed by atoms with van der Waals surface area (Å²) in [6.07, 6.45) is 0.814. The minimum Gasteiger partial charge on any atom is -0.396 e. The monoisotopic (exact) mass is 158 g/mol. The maximum atomic E-state index is 8.68. The normalized spacial score (nSPS) is 27.7. The highest BCUT2D eigenvalue weighted by Gasteiger charge is 2.44. The van der Waals surface area contributed by atoms with E-state index < -0.39 is 0 Å². The molecular weight excluding hydrogens is 146 g/mol. The van der Waals surface area contributed by atoms with E-state index in [1.165, 1.54) is 0 Å². The van der Waals surface area contributed by atoms with E-state index in [0.717, 1.165) is 6.42 Å². The van der Waals surface area contributed by atoms with E-state index in [-0.39, 0.29) is 12.1 Å². The minimum absolute atomic E-state index is 0.0204. The van der Waals surface area contributed by atoms with Crippen molar-refractivity contribution in [3.05, 3.63) is 4.85 Å². The average Bonchev–Trinajstić information content (AvgIpc) is 2.13. The molecule has 0 aromatic rings. The number of hydrogen-bond donors (Lipinski definition) is 1. The molecule has 1 rings (SSSR count). The lowest BCUT2D eigenvalue weighted by molar-refractivity contribution is 0.279. The van der Waals surface area contributed by atoms with Crippen molar-refractivity contribution in [1.29, 1.82) is 0 Å². The Morgan fingerprint density at radius 3 is 2.80 bits per heavy atom. The number of rotatable bonds is 2. The molecule has 1 atom stereocenters. The Kier molecular flexibility index (Phi) is 2.22. The van der Waals surface area contributed by atoms with Crippen LogP contribution < -0.4 is 0 Å². The zero-order valence-corrected chi connectivity index (χ0v) is 7.11. The molecule has 0 amide bonds. The molecule has 0 saturated carbocycles. The van der Waals surface area contributed by atoms with Crippen molar-refractivity contribution in [1.82, 2.24) is 0 Å². The zero-order chi connectivity index (χ0) is 7.61. The number of aliphatic hydroxyl groups excluding tert-OH is 1. The number of thiocyanates is 1. The van der Waals surface area contributed by atoms with Crippen molar-refractivity contribution >= 4 is 11.8 Å². The molecule has 3 heteroatoms. The first-order chi connectivity index (χ1) is 4.67. The minimum atomic E-state index is -0.0204. The molecule has 1 unspecified atom stereocenters. The first-order valence-corrected chi connectivity index (χ1v) is 4.28. The molecule has 2 nitrogen and oxygen atoms in total. The number of aliphatic hydroxyl groups is 1. The molecule has 0 bridgehead atoms. The molecule has 1 heterocycles. The highest BCUT2D eigenvalue weighted by molar-refractivity contribution is 8.04. The van der Waals surface area contributed by atoms with Crippen LogP contribution in [-0.4, -0.2) is 22.5 Å². The highest BCUT2D eigenvalue weighted by atomic mass is 32.2. The zero-order valence-electron chi connectivity index (χ0n) is 6.29. The van der Waals surface area contributed by atoms with E-state index >= 15 is 0 Å². The van der Waals surface area contributed by atoms with Crippen LogP contribution in [0.1, 0.15) is 20.3 Å². The summed E-state index contributed by atoms with van der Waals surface area (Å²) in [6, 6.07) is 0. The number of hydrogen-bond acceptors (Lipinski definition) is 2. The fraction of sp³-hybridized carbons (Fsp3) is 0.857. The van der Waals surface area contributed by atoms with Crippen molar-refractivity contribution in [2.24, 2.45) is 0 Å². The average molecular weight is 158 g/mol. The summed E-state index contributed by atoms with van der Waals surface area (Å²) in [7, 11) is 0. The second kappa shape index (κ2) is 2.81. The quantitative estimate of drug-likeness (QED) is 0.617. The Balaban J connectivity index is 2.51. The van der Waals surface area contributed by atoms with Crippen molar-refractivity contribution in [2.75, 3.05) is 6.61 Å². The van der Waals surface area contributed by atoms with Crippen LogP contribution in [0.25, 0.3) is 4.85 Å². The molecule has 0 aliphatic carbocycles. The smallest absolute Gasteiger partial charge is 0.347 e. The predicted molar refractivity (Wildman–Crippen MR) is 44.4 cm³/mol. The lowest BCUT2D eigenvalue weighted by Gasteiger charge is -2.10. The van der Waals surface area contributed by atoms with Gasteiger partial charge in [-0.25, -0.2) is 0 Å². The second-order valence-electron chi connectivity index (χ2n) is 2.98. The summed E-state index contributed by atoms with van der Waals surface area (Å²) in [6.45, 7) is 4.39. The Labute approximate surface area is 65.4 Å². The molecule has 0 saturated heterocycles.